The Morgan fingerprint density at radius 3 is 2.46 bits per heavy atom. The molecule has 0 bridgehead atoms. The number of carbonyl (C=O) groups is 2. The van der Waals surface area contributed by atoms with Crippen molar-refractivity contribution >= 4 is 51.5 Å². The van der Waals surface area contributed by atoms with Gasteiger partial charge in [0.15, 0.2) is 0 Å². The van der Waals surface area contributed by atoms with Gasteiger partial charge in [0.25, 0.3) is 5.91 Å². The van der Waals surface area contributed by atoms with Crippen molar-refractivity contribution in [2.45, 2.75) is 11.4 Å². The van der Waals surface area contributed by atoms with Crippen LogP contribution in [-0.2, 0) is 11.3 Å². The number of aromatic nitrogens is 1. The van der Waals surface area contributed by atoms with Crippen LogP contribution in [0, 0.1) is 0 Å². The summed E-state index contributed by atoms with van der Waals surface area (Å²) in [5, 5.41) is 6.04. The highest BCUT2D eigenvalue weighted by Crippen LogP contribution is 2.30. The van der Waals surface area contributed by atoms with Gasteiger partial charge in [-0.3, -0.25) is 9.59 Å². The fraction of sp³-hybridized carbons (Fsp3) is 0.259. The van der Waals surface area contributed by atoms with Crippen LogP contribution < -0.4 is 10.2 Å². The van der Waals surface area contributed by atoms with E-state index in [4.69, 9.17) is 0 Å². The van der Waals surface area contributed by atoms with E-state index < -0.39 is 0 Å². The highest BCUT2D eigenvalue weighted by molar-refractivity contribution is 8.00. The highest BCUT2D eigenvalue weighted by Gasteiger charge is 2.22. The summed E-state index contributed by atoms with van der Waals surface area (Å²) >= 11 is 3.04. The molecule has 0 spiro atoms. The zero-order valence-corrected chi connectivity index (χ0v) is 21.1. The molecule has 4 aromatic rings. The molecule has 2 aromatic carbocycles. The molecule has 6 nitrogen and oxygen atoms in total. The summed E-state index contributed by atoms with van der Waals surface area (Å²) in [6.45, 7) is 4.44. The number of hydrogen-bond donors (Lipinski definition) is 1. The van der Waals surface area contributed by atoms with Crippen molar-refractivity contribution < 1.29 is 9.59 Å². The van der Waals surface area contributed by atoms with E-state index >= 15 is 0 Å². The number of rotatable bonds is 8. The number of anilines is 1. The third-order valence-corrected chi connectivity index (χ3v) is 8.14. The monoisotopic (exact) mass is 504 g/mol. The van der Waals surface area contributed by atoms with E-state index in [1.165, 1.54) is 17.0 Å². The minimum Gasteiger partial charge on any atom is -0.368 e. The lowest BCUT2D eigenvalue weighted by Gasteiger charge is -2.36. The zero-order chi connectivity index (χ0) is 24.0. The summed E-state index contributed by atoms with van der Waals surface area (Å²) in [4.78, 5) is 31.3. The van der Waals surface area contributed by atoms with Crippen LogP contribution in [0.1, 0.15) is 9.67 Å². The second-order valence-electron chi connectivity index (χ2n) is 8.43. The first-order chi connectivity index (χ1) is 17.2. The summed E-state index contributed by atoms with van der Waals surface area (Å²) in [6.07, 6.45) is 2.10. The molecular formula is C27H28N4O2S2. The molecule has 0 saturated carbocycles. The molecule has 0 atom stereocenters. The molecule has 2 amide bonds. The largest absolute Gasteiger partial charge is 0.368 e. The molecule has 35 heavy (non-hydrogen) atoms. The number of nitrogens with zero attached hydrogens (tertiary/aromatic N) is 3. The zero-order valence-electron chi connectivity index (χ0n) is 19.4. The molecule has 1 saturated heterocycles. The molecule has 180 valence electrons. The normalized spacial score (nSPS) is 13.8. The Bertz CT molecular complexity index is 1280. The summed E-state index contributed by atoms with van der Waals surface area (Å²) in [5.74, 6) is 0.570. The quantitative estimate of drug-likeness (QED) is 0.357. The van der Waals surface area contributed by atoms with Gasteiger partial charge in [-0.05, 0) is 29.6 Å². The van der Waals surface area contributed by atoms with Gasteiger partial charge in [0.05, 0.1) is 10.6 Å². The third-order valence-electron chi connectivity index (χ3n) is 6.24. The van der Waals surface area contributed by atoms with Crippen molar-refractivity contribution in [3.05, 3.63) is 83.2 Å². The van der Waals surface area contributed by atoms with Crippen molar-refractivity contribution in [1.29, 1.82) is 0 Å². The first-order valence-corrected chi connectivity index (χ1v) is 13.7. The van der Waals surface area contributed by atoms with E-state index in [1.807, 2.05) is 40.6 Å². The van der Waals surface area contributed by atoms with E-state index in [-0.39, 0.29) is 11.8 Å². The lowest BCUT2D eigenvalue weighted by molar-refractivity contribution is -0.128. The van der Waals surface area contributed by atoms with Gasteiger partial charge in [0, 0.05) is 67.0 Å². The van der Waals surface area contributed by atoms with Gasteiger partial charge in [-0.15, -0.1) is 23.1 Å². The molecular weight excluding hydrogens is 476 g/mol. The topological polar surface area (TPSA) is 57.6 Å². The summed E-state index contributed by atoms with van der Waals surface area (Å²) in [7, 11) is 0. The number of benzene rings is 2. The van der Waals surface area contributed by atoms with E-state index in [9.17, 15) is 9.59 Å². The van der Waals surface area contributed by atoms with Crippen LogP contribution in [0.3, 0.4) is 0 Å². The Morgan fingerprint density at radius 1 is 0.914 bits per heavy atom. The number of hydrogen-bond acceptors (Lipinski definition) is 5. The Labute approximate surface area is 213 Å². The first-order valence-electron chi connectivity index (χ1n) is 11.8. The van der Waals surface area contributed by atoms with Crippen molar-refractivity contribution in [3.8, 4) is 0 Å². The minimum absolute atomic E-state index is 0.0379. The molecule has 0 aliphatic carbocycles. The maximum Gasteiger partial charge on any atom is 0.261 e. The van der Waals surface area contributed by atoms with E-state index in [2.05, 4.69) is 57.4 Å². The summed E-state index contributed by atoms with van der Waals surface area (Å²) < 4.78 is 2.16. The SMILES string of the molecule is O=C(NCCn1cc(SCC(=O)N2CCN(c3ccccc3)CC2)c2ccccc21)c1cccs1. The number of carbonyl (C=O) groups excluding carboxylic acids is 2. The number of amides is 2. The van der Waals surface area contributed by atoms with Crippen molar-refractivity contribution in [2.75, 3.05) is 43.4 Å². The average Bonchev–Trinajstić information content (AvgIpc) is 3.57. The van der Waals surface area contributed by atoms with Crippen LogP contribution in [0.15, 0.2) is 83.2 Å². The predicted octanol–water partition coefficient (Wildman–Crippen LogP) is 4.57. The molecule has 5 rings (SSSR count). The Kier molecular flexibility index (Phi) is 7.39. The summed E-state index contributed by atoms with van der Waals surface area (Å²) in [5.41, 5.74) is 2.33. The van der Waals surface area contributed by atoms with Crippen LogP contribution >= 0.6 is 23.1 Å². The van der Waals surface area contributed by atoms with Crippen LogP contribution in [0.4, 0.5) is 5.69 Å². The fourth-order valence-corrected chi connectivity index (χ4v) is 6.01. The predicted molar refractivity (Wildman–Crippen MR) is 145 cm³/mol. The second kappa shape index (κ2) is 11.0. The molecule has 0 radical (unpaired) electrons. The van der Waals surface area contributed by atoms with Crippen LogP contribution in [0.2, 0.25) is 0 Å². The molecule has 2 aromatic heterocycles. The van der Waals surface area contributed by atoms with Crippen molar-refractivity contribution in [2.24, 2.45) is 0 Å². The van der Waals surface area contributed by atoms with Crippen LogP contribution in [-0.4, -0.2) is 59.8 Å². The van der Waals surface area contributed by atoms with Crippen molar-refractivity contribution in [1.82, 2.24) is 14.8 Å². The fourth-order valence-electron chi connectivity index (χ4n) is 4.38. The Morgan fingerprint density at radius 2 is 1.69 bits per heavy atom. The number of nitrogens with one attached hydrogen (secondary N) is 1. The molecule has 1 aliphatic rings. The number of thiophene rings is 1. The maximum atomic E-state index is 13.0. The maximum absolute atomic E-state index is 13.0. The third kappa shape index (κ3) is 5.55. The molecule has 1 aliphatic heterocycles. The minimum atomic E-state index is -0.0379. The standard InChI is InChI=1S/C27H28N4O2S2/c32-26(30-16-14-29(15-17-30)21-7-2-1-3-8-21)20-35-25-19-31(23-10-5-4-9-22(23)25)13-12-28-27(33)24-11-6-18-34-24/h1-11,18-19H,12-17,20H2,(H,28,33). The van der Waals surface area contributed by atoms with Crippen molar-refractivity contribution in [3.63, 3.8) is 0 Å². The molecule has 1 fully saturated rings. The molecule has 3 heterocycles. The van der Waals surface area contributed by atoms with Gasteiger partial charge in [-0.1, -0.05) is 42.5 Å². The Balaban J connectivity index is 1.16. The van der Waals surface area contributed by atoms with Gasteiger partial charge in [-0.2, -0.15) is 0 Å². The smallest absolute Gasteiger partial charge is 0.261 e. The van der Waals surface area contributed by atoms with E-state index in [0.29, 0.717) is 18.8 Å². The van der Waals surface area contributed by atoms with E-state index in [1.54, 1.807) is 11.8 Å². The second-order valence-corrected chi connectivity index (χ2v) is 10.4. The number of piperazine rings is 1. The number of para-hydroxylation sites is 2. The van der Waals surface area contributed by atoms with Crippen LogP contribution in [0.25, 0.3) is 10.9 Å². The Hall–Kier alpha value is -3.23. The first kappa shape index (κ1) is 23.5. The molecule has 8 heteroatoms. The van der Waals surface area contributed by atoms with Gasteiger partial charge < -0.3 is 19.7 Å². The lowest BCUT2D eigenvalue weighted by Crippen LogP contribution is -2.49. The number of thioether (sulfide) groups is 1. The highest BCUT2D eigenvalue weighted by atomic mass is 32.2. The lowest BCUT2D eigenvalue weighted by atomic mass is 10.2. The molecule has 1 N–H and O–H groups in total. The van der Waals surface area contributed by atoms with Gasteiger partial charge in [0.2, 0.25) is 5.91 Å². The summed E-state index contributed by atoms with van der Waals surface area (Å²) in [6, 6.07) is 22.3. The average molecular weight is 505 g/mol. The van der Waals surface area contributed by atoms with Gasteiger partial charge >= 0.3 is 0 Å². The van der Waals surface area contributed by atoms with Gasteiger partial charge in [-0.25, -0.2) is 0 Å². The number of fused-ring (bicyclic) bond motifs is 1. The van der Waals surface area contributed by atoms with E-state index in [0.717, 1.165) is 46.9 Å². The molecule has 0 unspecified atom stereocenters. The van der Waals surface area contributed by atoms with Gasteiger partial charge in [0.1, 0.15) is 0 Å². The van der Waals surface area contributed by atoms with Crippen LogP contribution in [0.5, 0.6) is 0 Å².